The third-order valence-electron chi connectivity index (χ3n) is 6.71. The monoisotopic (exact) mass is 454 g/mol. The molecule has 32 heavy (non-hydrogen) atoms. The van der Waals surface area contributed by atoms with Crippen molar-refractivity contribution in [3.63, 3.8) is 0 Å². The fourth-order valence-corrected chi connectivity index (χ4v) is 4.57. The van der Waals surface area contributed by atoms with Crippen molar-refractivity contribution in [3.8, 4) is 0 Å². The van der Waals surface area contributed by atoms with E-state index in [-0.39, 0.29) is 11.1 Å². The standard InChI is InChI=1S/C27H38O4Si/c1-7-27(29-20-22-14-10-8-11-15-22)21-28-25(23-16-12-9-13-17-23)31-24(27)18-19-30-32(5,6)26(2,3)4/h7-17,24-25H,1,18-21H2,2-6H3/t24-,25+,27+/m0/s1. The molecule has 0 spiro atoms. The van der Waals surface area contributed by atoms with E-state index in [9.17, 15) is 0 Å². The first-order valence-corrected chi connectivity index (χ1v) is 14.4. The van der Waals surface area contributed by atoms with Gasteiger partial charge >= 0.3 is 0 Å². The Hall–Kier alpha value is -1.76. The van der Waals surface area contributed by atoms with Gasteiger partial charge in [-0.15, -0.1) is 6.58 Å². The molecule has 1 heterocycles. The smallest absolute Gasteiger partial charge is 0.191 e. The lowest BCUT2D eigenvalue weighted by atomic mass is 9.93. The van der Waals surface area contributed by atoms with Crippen LogP contribution in [0.3, 0.4) is 0 Å². The van der Waals surface area contributed by atoms with Crippen LogP contribution in [-0.4, -0.2) is 33.2 Å². The van der Waals surface area contributed by atoms with Crippen molar-refractivity contribution in [3.05, 3.63) is 84.4 Å². The van der Waals surface area contributed by atoms with E-state index in [1.807, 2.05) is 54.6 Å². The van der Waals surface area contributed by atoms with Gasteiger partial charge in [0.05, 0.1) is 19.3 Å². The summed E-state index contributed by atoms with van der Waals surface area (Å²) in [5.41, 5.74) is 1.37. The fraction of sp³-hybridized carbons (Fsp3) is 0.481. The predicted octanol–water partition coefficient (Wildman–Crippen LogP) is 6.65. The summed E-state index contributed by atoms with van der Waals surface area (Å²) >= 11 is 0. The van der Waals surface area contributed by atoms with E-state index < -0.39 is 20.2 Å². The maximum atomic E-state index is 6.49. The second-order valence-electron chi connectivity index (χ2n) is 10.0. The molecule has 0 N–H and O–H groups in total. The molecule has 1 fully saturated rings. The highest BCUT2D eigenvalue weighted by molar-refractivity contribution is 6.74. The molecule has 1 aliphatic rings. The second-order valence-corrected chi connectivity index (χ2v) is 14.8. The third-order valence-corrected chi connectivity index (χ3v) is 11.2. The zero-order valence-electron chi connectivity index (χ0n) is 20.2. The Morgan fingerprint density at radius 1 is 1.06 bits per heavy atom. The van der Waals surface area contributed by atoms with Crippen molar-refractivity contribution in [2.45, 2.75) is 69.9 Å². The van der Waals surface area contributed by atoms with E-state index in [1.165, 1.54) is 0 Å². The molecule has 2 aromatic rings. The van der Waals surface area contributed by atoms with Gasteiger partial charge in [0.2, 0.25) is 0 Å². The van der Waals surface area contributed by atoms with Crippen molar-refractivity contribution >= 4 is 8.32 Å². The van der Waals surface area contributed by atoms with E-state index in [0.717, 1.165) is 11.1 Å². The summed E-state index contributed by atoms with van der Waals surface area (Å²) in [4.78, 5) is 0. The quantitative estimate of drug-likeness (QED) is 0.314. The van der Waals surface area contributed by atoms with Gasteiger partial charge in [0, 0.05) is 12.2 Å². The molecule has 1 aliphatic heterocycles. The van der Waals surface area contributed by atoms with E-state index in [0.29, 0.717) is 26.2 Å². The van der Waals surface area contributed by atoms with Gasteiger partial charge in [0.15, 0.2) is 14.6 Å². The Kier molecular flexibility index (Phi) is 8.12. The normalized spacial score (nSPS) is 24.3. The Bertz CT molecular complexity index is 847. The minimum Gasteiger partial charge on any atom is -0.417 e. The fourth-order valence-electron chi connectivity index (χ4n) is 3.51. The predicted molar refractivity (Wildman–Crippen MR) is 132 cm³/mol. The molecule has 0 unspecified atom stereocenters. The first-order chi connectivity index (χ1) is 15.2. The van der Waals surface area contributed by atoms with E-state index in [4.69, 9.17) is 18.6 Å². The zero-order chi connectivity index (χ0) is 23.2. The zero-order valence-corrected chi connectivity index (χ0v) is 21.2. The van der Waals surface area contributed by atoms with Gasteiger partial charge in [0.1, 0.15) is 5.60 Å². The van der Waals surface area contributed by atoms with Crippen LogP contribution in [0, 0.1) is 0 Å². The van der Waals surface area contributed by atoms with E-state index >= 15 is 0 Å². The third kappa shape index (κ3) is 5.97. The van der Waals surface area contributed by atoms with Crippen LogP contribution in [0.2, 0.25) is 18.1 Å². The number of rotatable bonds is 9. The highest BCUT2D eigenvalue weighted by Gasteiger charge is 2.45. The molecule has 0 saturated carbocycles. The lowest BCUT2D eigenvalue weighted by Gasteiger charge is -2.45. The average Bonchev–Trinajstić information content (AvgIpc) is 2.78. The van der Waals surface area contributed by atoms with Gasteiger partial charge in [-0.05, 0) is 30.1 Å². The van der Waals surface area contributed by atoms with E-state index in [2.05, 4.69) is 52.6 Å². The van der Waals surface area contributed by atoms with Crippen LogP contribution in [0.1, 0.15) is 44.6 Å². The Balaban J connectivity index is 1.76. The second kappa shape index (κ2) is 10.4. The highest BCUT2D eigenvalue weighted by Crippen LogP contribution is 2.39. The van der Waals surface area contributed by atoms with Crippen molar-refractivity contribution in [2.75, 3.05) is 13.2 Å². The molecule has 0 aromatic heterocycles. The van der Waals surface area contributed by atoms with Crippen LogP contribution >= 0.6 is 0 Å². The average molecular weight is 455 g/mol. The summed E-state index contributed by atoms with van der Waals surface area (Å²) in [7, 11) is -1.85. The van der Waals surface area contributed by atoms with E-state index in [1.54, 1.807) is 0 Å². The van der Waals surface area contributed by atoms with Crippen LogP contribution in [0.5, 0.6) is 0 Å². The molecule has 0 aliphatic carbocycles. The molecule has 0 radical (unpaired) electrons. The van der Waals surface area contributed by atoms with Gasteiger partial charge in [-0.3, -0.25) is 0 Å². The summed E-state index contributed by atoms with van der Waals surface area (Å²) in [6.07, 6.45) is 1.89. The summed E-state index contributed by atoms with van der Waals surface area (Å²) in [6, 6.07) is 20.2. The van der Waals surface area contributed by atoms with Gasteiger partial charge < -0.3 is 18.6 Å². The van der Waals surface area contributed by atoms with Gasteiger partial charge in [0.25, 0.3) is 0 Å². The Morgan fingerprint density at radius 3 is 2.28 bits per heavy atom. The lowest BCUT2D eigenvalue weighted by molar-refractivity contribution is -0.295. The van der Waals surface area contributed by atoms with Crippen molar-refractivity contribution in [1.82, 2.24) is 0 Å². The maximum absolute atomic E-state index is 6.49. The molecular weight excluding hydrogens is 416 g/mol. The van der Waals surface area contributed by atoms with Crippen molar-refractivity contribution < 1.29 is 18.6 Å². The molecule has 1 saturated heterocycles. The summed E-state index contributed by atoms with van der Waals surface area (Å²) in [5, 5.41) is 0.162. The largest absolute Gasteiger partial charge is 0.417 e. The van der Waals surface area contributed by atoms with Crippen LogP contribution in [0.4, 0.5) is 0 Å². The molecular formula is C27H38O4Si. The number of hydrogen-bond donors (Lipinski definition) is 0. The lowest BCUT2D eigenvalue weighted by Crippen LogP contribution is -2.53. The van der Waals surface area contributed by atoms with Crippen LogP contribution in [-0.2, 0) is 25.2 Å². The SMILES string of the molecule is C=C[C@@]1(OCc2ccccc2)CO[C@@H](c2ccccc2)O[C@H]1CCO[Si](C)(C)C(C)(C)C. The van der Waals surface area contributed by atoms with Gasteiger partial charge in [-0.2, -0.15) is 0 Å². The minimum atomic E-state index is -1.85. The molecule has 5 heteroatoms. The molecule has 3 atom stereocenters. The first-order valence-electron chi connectivity index (χ1n) is 11.4. The molecule has 4 nitrogen and oxygen atoms in total. The topological polar surface area (TPSA) is 36.9 Å². The molecule has 0 bridgehead atoms. The van der Waals surface area contributed by atoms with Crippen LogP contribution < -0.4 is 0 Å². The summed E-state index contributed by atoms with van der Waals surface area (Å²) in [6.45, 7) is 16.9. The number of ether oxygens (including phenoxy) is 3. The van der Waals surface area contributed by atoms with Crippen molar-refractivity contribution in [1.29, 1.82) is 0 Å². The molecule has 174 valence electrons. The molecule has 0 amide bonds. The maximum Gasteiger partial charge on any atom is 0.191 e. The molecule has 2 aromatic carbocycles. The summed E-state index contributed by atoms with van der Waals surface area (Å²) < 4.78 is 25.5. The number of hydrogen-bond acceptors (Lipinski definition) is 4. The summed E-state index contributed by atoms with van der Waals surface area (Å²) in [5.74, 6) is 0. The molecule has 3 rings (SSSR count). The van der Waals surface area contributed by atoms with Gasteiger partial charge in [-0.1, -0.05) is 87.5 Å². The number of benzene rings is 2. The Labute approximate surface area is 194 Å². The Morgan fingerprint density at radius 2 is 1.69 bits per heavy atom. The highest BCUT2D eigenvalue weighted by atomic mass is 28.4. The van der Waals surface area contributed by atoms with Gasteiger partial charge in [-0.25, -0.2) is 0 Å². The first kappa shape index (κ1) is 24.9. The van der Waals surface area contributed by atoms with Crippen molar-refractivity contribution in [2.24, 2.45) is 0 Å². The van der Waals surface area contributed by atoms with Crippen LogP contribution in [0.25, 0.3) is 0 Å². The minimum absolute atomic E-state index is 0.162. The van der Waals surface area contributed by atoms with Crippen LogP contribution in [0.15, 0.2) is 73.3 Å².